The van der Waals surface area contributed by atoms with Gasteiger partial charge in [0, 0.05) is 28.2 Å². The number of ether oxygens (including phenoxy) is 1. The number of imidazole rings is 1. The van der Waals surface area contributed by atoms with Crippen molar-refractivity contribution in [3.05, 3.63) is 102 Å². The highest BCUT2D eigenvalue weighted by molar-refractivity contribution is 6.31. The van der Waals surface area contributed by atoms with Crippen LogP contribution in [0.3, 0.4) is 0 Å². The number of amides is 1. The van der Waals surface area contributed by atoms with Gasteiger partial charge < -0.3 is 10.1 Å². The van der Waals surface area contributed by atoms with E-state index in [0.717, 1.165) is 29.0 Å². The summed E-state index contributed by atoms with van der Waals surface area (Å²) in [4.78, 5) is 17.2. The van der Waals surface area contributed by atoms with E-state index in [9.17, 15) is 4.79 Å². The van der Waals surface area contributed by atoms with Crippen LogP contribution in [0.25, 0.3) is 16.8 Å². The highest BCUT2D eigenvalue weighted by Crippen LogP contribution is 2.40. The number of carbonyl (C=O) groups excluding carboxylic acids is 1. The number of methoxy groups -OCH3 is 1. The fraction of sp³-hybridized carbons (Fsp3) is 0.154. The first-order valence-corrected chi connectivity index (χ1v) is 10.8. The van der Waals surface area contributed by atoms with Gasteiger partial charge in [-0.25, -0.2) is 4.98 Å². The van der Waals surface area contributed by atoms with Crippen molar-refractivity contribution in [2.24, 2.45) is 0 Å². The first kappa shape index (κ1) is 20.3. The fourth-order valence-electron chi connectivity index (χ4n) is 4.06. The molecule has 0 spiro atoms. The zero-order valence-electron chi connectivity index (χ0n) is 17.5. The summed E-state index contributed by atoms with van der Waals surface area (Å²) in [5.41, 5.74) is 4.42. The van der Waals surface area contributed by atoms with E-state index in [-0.39, 0.29) is 11.9 Å². The molecule has 1 aliphatic rings. The highest BCUT2D eigenvalue weighted by Gasteiger charge is 2.39. The molecule has 1 aliphatic carbocycles. The van der Waals surface area contributed by atoms with Crippen LogP contribution in [0.1, 0.15) is 28.4 Å². The van der Waals surface area contributed by atoms with Gasteiger partial charge in [-0.2, -0.15) is 0 Å². The summed E-state index contributed by atoms with van der Waals surface area (Å²) in [5.74, 6) is 0.975. The van der Waals surface area contributed by atoms with Gasteiger partial charge in [-0.3, -0.25) is 9.36 Å². The molecule has 1 amide bonds. The van der Waals surface area contributed by atoms with Crippen molar-refractivity contribution in [3.63, 3.8) is 0 Å². The molecule has 0 unspecified atom stereocenters. The van der Waals surface area contributed by atoms with Crippen molar-refractivity contribution in [3.8, 4) is 22.6 Å². The third-order valence-electron chi connectivity index (χ3n) is 5.80. The second kappa shape index (κ2) is 8.52. The SMILES string of the molecule is COc1ccc(Cl)cc1-c1cccc(-n2cncc2C(=O)N[C@@H]2C[C@@H]2c2ccccc2)c1. The van der Waals surface area contributed by atoms with Crippen LogP contribution in [0, 0.1) is 0 Å². The van der Waals surface area contributed by atoms with Gasteiger partial charge in [-0.1, -0.05) is 54.1 Å². The Morgan fingerprint density at radius 2 is 1.94 bits per heavy atom. The van der Waals surface area contributed by atoms with E-state index >= 15 is 0 Å². The minimum absolute atomic E-state index is 0.128. The number of rotatable bonds is 6. The lowest BCUT2D eigenvalue weighted by molar-refractivity contribution is 0.0943. The van der Waals surface area contributed by atoms with E-state index in [2.05, 4.69) is 22.4 Å². The monoisotopic (exact) mass is 443 g/mol. The second-order valence-corrected chi connectivity index (χ2v) is 8.31. The molecule has 0 radical (unpaired) electrons. The Kier molecular flexibility index (Phi) is 5.41. The van der Waals surface area contributed by atoms with E-state index in [1.807, 2.05) is 54.6 Å². The van der Waals surface area contributed by atoms with Gasteiger partial charge in [0.25, 0.3) is 5.91 Å². The Morgan fingerprint density at radius 3 is 2.75 bits per heavy atom. The minimum Gasteiger partial charge on any atom is -0.496 e. The molecule has 1 N–H and O–H groups in total. The van der Waals surface area contributed by atoms with Crippen LogP contribution in [-0.4, -0.2) is 28.6 Å². The molecule has 0 bridgehead atoms. The molecule has 5 rings (SSSR count). The van der Waals surface area contributed by atoms with Crippen LogP contribution in [0.2, 0.25) is 5.02 Å². The summed E-state index contributed by atoms with van der Waals surface area (Å²) in [7, 11) is 1.63. The van der Waals surface area contributed by atoms with Gasteiger partial charge in [0.05, 0.1) is 19.6 Å². The smallest absolute Gasteiger partial charge is 0.270 e. The molecule has 1 aromatic heterocycles. The van der Waals surface area contributed by atoms with Gasteiger partial charge in [-0.05, 0) is 47.9 Å². The van der Waals surface area contributed by atoms with Crippen LogP contribution in [0.5, 0.6) is 5.75 Å². The highest BCUT2D eigenvalue weighted by atomic mass is 35.5. The summed E-state index contributed by atoms with van der Waals surface area (Å²) in [5, 5.41) is 3.78. The molecule has 0 aliphatic heterocycles. The molecule has 3 aromatic carbocycles. The molecule has 4 aromatic rings. The topological polar surface area (TPSA) is 56.2 Å². The van der Waals surface area contributed by atoms with Crippen molar-refractivity contribution < 1.29 is 9.53 Å². The first-order valence-electron chi connectivity index (χ1n) is 10.5. The maximum absolute atomic E-state index is 13.0. The van der Waals surface area contributed by atoms with Crippen LogP contribution in [0.4, 0.5) is 0 Å². The summed E-state index contributed by atoms with van der Waals surface area (Å²) in [6.07, 6.45) is 4.21. The number of nitrogens with one attached hydrogen (secondary N) is 1. The maximum Gasteiger partial charge on any atom is 0.270 e. The number of halogens is 1. The number of nitrogens with zero attached hydrogens (tertiary/aromatic N) is 2. The van der Waals surface area contributed by atoms with Gasteiger partial charge in [0.2, 0.25) is 0 Å². The van der Waals surface area contributed by atoms with Crippen molar-refractivity contribution >= 4 is 17.5 Å². The second-order valence-electron chi connectivity index (χ2n) is 7.88. The van der Waals surface area contributed by atoms with Crippen molar-refractivity contribution in [1.29, 1.82) is 0 Å². The predicted molar refractivity (Wildman–Crippen MR) is 126 cm³/mol. The lowest BCUT2D eigenvalue weighted by atomic mass is 10.0. The molecule has 1 heterocycles. The summed E-state index contributed by atoms with van der Waals surface area (Å²) >= 11 is 6.22. The van der Waals surface area contributed by atoms with E-state index < -0.39 is 0 Å². The number of hydrogen-bond donors (Lipinski definition) is 1. The summed E-state index contributed by atoms with van der Waals surface area (Å²) in [6, 6.07) is 23.8. The number of benzene rings is 3. The Labute approximate surface area is 191 Å². The number of carbonyl (C=O) groups is 1. The van der Waals surface area contributed by atoms with Crippen LogP contribution >= 0.6 is 11.6 Å². The molecule has 32 heavy (non-hydrogen) atoms. The van der Waals surface area contributed by atoms with Crippen LogP contribution < -0.4 is 10.1 Å². The van der Waals surface area contributed by atoms with E-state index in [1.54, 1.807) is 30.3 Å². The van der Waals surface area contributed by atoms with E-state index in [4.69, 9.17) is 16.3 Å². The maximum atomic E-state index is 13.0. The van der Waals surface area contributed by atoms with Gasteiger partial charge in [-0.15, -0.1) is 0 Å². The zero-order chi connectivity index (χ0) is 22.1. The van der Waals surface area contributed by atoms with E-state index in [0.29, 0.717) is 16.6 Å². The Balaban J connectivity index is 1.39. The average Bonchev–Trinajstić information content (AvgIpc) is 3.41. The number of aromatic nitrogens is 2. The molecule has 0 saturated heterocycles. The molecule has 1 fully saturated rings. The number of hydrogen-bond acceptors (Lipinski definition) is 3. The van der Waals surface area contributed by atoms with Gasteiger partial charge in [0.1, 0.15) is 11.4 Å². The first-order chi connectivity index (χ1) is 15.6. The van der Waals surface area contributed by atoms with Gasteiger partial charge in [0.15, 0.2) is 0 Å². The molecule has 5 nitrogen and oxygen atoms in total. The molecular weight excluding hydrogens is 422 g/mol. The Morgan fingerprint density at radius 1 is 1.09 bits per heavy atom. The van der Waals surface area contributed by atoms with Crippen molar-refractivity contribution in [1.82, 2.24) is 14.9 Å². The predicted octanol–water partition coefficient (Wildman–Crippen LogP) is 5.49. The minimum atomic E-state index is -0.128. The third-order valence-corrected chi connectivity index (χ3v) is 6.04. The van der Waals surface area contributed by atoms with Crippen LogP contribution in [-0.2, 0) is 0 Å². The summed E-state index contributed by atoms with van der Waals surface area (Å²) < 4.78 is 7.30. The standard InChI is InChI=1S/C26H22ClN3O2/c1-32-25-11-10-19(27)13-22(25)18-8-5-9-20(12-18)30-16-28-15-24(30)26(31)29-23-14-21(23)17-6-3-2-4-7-17/h2-13,15-16,21,23H,14H2,1H3,(H,29,31)/t21-,23-/m1/s1. The van der Waals surface area contributed by atoms with Crippen molar-refractivity contribution in [2.45, 2.75) is 18.4 Å². The van der Waals surface area contributed by atoms with E-state index in [1.165, 1.54) is 5.56 Å². The van der Waals surface area contributed by atoms with Gasteiger partial charge >= 0.3 is 0 Å². The van der Waals surface area contributed by atoms with Crippen molar-refractivity contribution in [2.75, 3.05) is 7.11 Å². The lowest BCUT2D eigenvalue weighted by Gasteiger charge is -2.13. The fourth-order valence-corrected chi connectivity index (χ4v) is 4.24. The van der Waals surface area contributed by atoms with Crippen LogP contribution in [0.15, 0.2) is 85.3 Å². The third kappa shape index (κ3) is 3.99. The Bertz CT molecular complexity index is 1270. The molecule has 1 saturated carbocycles. The normalized spacial score (nSPS) is 17.1. The molecular formula is C26H22ClN3O2. The molecule has 2 atom stereocenters. The average molecular weight is 444 g/mol. The quantitative estimate of drug-likeness (QED) is 0.429. The zero-order valence-corrected chi connectivity index (χ0v) is 18.3. The molecule has 6 heteroatoms. The Hall–Kier alpha value is -3.57. The molecule has 160 valence electrons. The largest absolute Gasteiger partial charge is 0.496 e. The summed E-state index contributed by atoms with van der Waals surface area (Å²) in [6.45, 7) is 0. The lowest BCUT2D eigenvalue weighted by Crippen LogP contribution is -2.28.